The quantitative estimate of drug-likeness (QED) is 0.598. The number of unbranched alkanes of at least 4 members (excludes halogenated alkanes) is 1. The van der Waals surface area contributed by atoms with E-state index in [1.807, 2.05) is 6.26 Å². The number of hydrogen-bond acceptors (Lipinski definition) is 4. The van der Waals surface area contributed by atoms with Gasteiger partial charge in [0.15, 0.2) is 5.75 Å². The van der Waals surface area contributed by atoms with E-state index in [2.05, 4.69) is 10.1 Å². The number of halogens is 3. The second kappa shape index (κ2) is 8.02. The molecule has 21 heavy (non-hydrogen) atoms. The van der Waals surface area contributed by atoms with E-state index in [-0.39, 0.29) is 17.2 Å². The summed E-state index contributed by atoms with van der Waals surface area (Å²) in [7, 11) is 0. The van der Waals surface area contributed by atoms with Crippen LogP contribution in [0.2, 0.25) is 0 Å². The molecule has 1 amide bonds. The van der Waals surface area contributed by atoms with Gasteiger partial charge in [-0.25, -0.2) is 0 Å². The van der Waals surface area contributed by atoms with Crippen molar-refractivity contribution in [1.82, 2.24) is 5.32 Å². The zero-order chi connectivity index (χ0) is 15.9. The molecule has 0 spiro atoms. The molecular weight excluding hydrogens is 305 g/mol. The van der Waals surface area contributed by atoms with Gasteiger partial charge in [0.1, 0.15) is 0 Å². The first-order valence-electron chi connectivity index (χ1n) is 6.26. The minimum Gasteiger partial charge on any atom is -0.404 e. The maximum absolute atomic E-state index is 12.1. The molecule has 0 aromatic heterocycles. The Morgan fingerprint density at radius 3 is 2.67 bits per heavy atom. The second-order valence-electron chi connectivity index (χ2n) is 4.26. The van der Waals surface area contributed by atoms with Gasteiger partial charge in [-0.15, -0.1) is 13.2 Å². The zero-order valence-electron chi connectivity index (χ0n) is 11.5. The Hall–Kier alpha value is -1.57. The fourth-order valence-corrected chi connectivity index (χ4v) is 2.08. The van der Waals surface area contributed by atoms with E-state index >= 15 is 0 Å². The van der Waals surface area contributed by atoms with E-state index in [0.717, 1.165) is 30.7 Å². The molecule has 3 N–H and O–H groups in total. The van der Waals surface area contributed by atoms with Crippen LogP contribution in [0.25, 0.3) is 0 Å². The van der Waals surface area contributed by atoms with E-state index in [1.165, 1.54) is 6.07 Å². The SMILES string of the molecule is CSCCCCNC(=O)c1ccc(OC(F)(F)F)c(N)c1. The summed E-state index contributed by atoms with van der Waals surface area (Å²) in [6, 6.07) is 3.44. The van der Waals surface area contributed by atoms with Crippen molar-refractivity contribution in [3.63, 3.8) is 0 Å². The van der Waals surface area contributed by atoms with Crippen LogP contribution < -0.4 is 15.8 Å². The average molecular weight is 322 g/mol. The molecule has 0 bridgehead atoms. The summed E-state index contributed by atoms with van der Waals surface area (Å²) >= 11 is 1.73. The molecular formula is C13H17F3N2O2S. The van der Waals surface area contributed by atoms with Crippen LogP contribution in [0, 0.1) is 0 Å². The van der Waals surface area contributed by atoms with Crippen molar-refractivity contribution >= 4 is 23.4 Å². The van der Waals surface area contributed by atoms with E-state index < -0.39 is 12.1 Å². The maximum atomic E-state index is 12.1. The molecule has 0 saturated heterocycles. The normalized spacial score (nSPS) is 11.2. The predicted molar refractivity (Wildman–Crippen MR) is 77.5 cm³/mol. The number of hydrogen-bond donors (Lipinski definition) is 2. The summed E-state index contributed by atoms with van der Waals surface area (Å²) in [6.07, 6.45) is -0.972. The van der Waals surface area contributed by atoms with E-state index in [0.29, 0.717) is 6.54 Å². The smallest absolute Gasteiger partial charge is 0.404 e. The topological polar surface area (TPSA) is 64.3 Å². The molecule has 0 unspecified atom stereocenters. The molecule has 1 rings (SSSR count). The number of nitrogen functional groups attached to an aromatic ring is 1. The van der Waals surface area contributed by atoms with Crippen LogP contribution in [-0.2, 0) is 0 Å². The lowest BCUT2D eigenvalue weighted by molar-refractivity contribution is -0.274. The van der Waals surface area contributed by atoms with Crippen molar-refractivity contribution in [1.29, 1.82) is 0 Å². The van der Waals surface area contributed by atoms with Crippen molar-refractivity contribution in [2.75, 3.05) is 24.3 Å². The Kier molecular flexibility index (Phi) is 6.67. The molecule has 1 aromatic carbocycles. The molecule has 0 aliphatic rings. The summed E-state index contributed by atoms with van der Waals surface area (Å²) in [5.74, 6) is 0.134. The van der Waals surface area contributed by atoms with Gasteiger partial charge in [0, 0.05) is 12.1 Å². The molecule has 0 heterocycles. The number of benzene rings is 1. The highest BCUT2D eigenvalue weighted by Gasteiger charge is 2.32. The molecule has 8 heteroatoms. The number of carbonyl (C=O) groups is 1. The third-order valence-electron chi connectivity index (χ3n) is 2.56. The lowest BCUT2D eigenvalue weighted by Gasteiger charge is -2.12. The number of nitrogens with two attached hydrogens (primary N) is 1. The fourth-order valence-electron chi connectivity index (χ4n) is 1.58. The molecule has 4 nitrogen and oxygen atoms in total. The number of thioether (sulfide) groups is 1. The summed E-state index contributed by atoms with van der Waals surface area (Å²) < 4.78 is 40.0. The molecule has 0 fully saturated rings. The highest BCUT2D eigenvalue weighted by molar-refractivity contribution is 7.98. The van der Waals surface area contributed by atoms with Crippen LogP contribution in [0.4, 0.5) is 18.9 Å². The van der Waals surface area contributed by atoms with E-state index in [1.54, 1.807) is 11.8 Å². The molecule has 0 aliphatic heterocycles. The fraction of sp³-hybridized carbons (Fsp3) is 0.462. The molecule has 0 aliphatic carbocycles. The number of ether oxygens (including phenoxy) is 1. The van der Waals surface area contributed by atoms with Gasteiger partial charge in [-0.1, -0.05) is 0 Å². The summed E-state index contributed by atoms with van der Waals surface area (Å²) in [5, 5.41) is 2.69. The highest BCUT2D eigenvalue weighted by Crippen LogP contribution is 2.28. The number of alkyl halides is 3. The minimum atomic E-state index is -4.81. The third kappa shape index (κ3) is 6.61. The Balaban J connectivity index is 2.56. The van der Waals surface area contributed by atoms with Crippen molar-refractivity contribution in [3.05, 3.63) is 23.8 Å². The lowest BCUT2D eigenvalue weighted by atomic mass is 10.1. The third-order valence-corrected chi connectivity index (χ3v) is 3.26. The molecule has 0 atom stereocenters. The summed E-state index contributed by atoms with van der Waals surface area (Å²) in [4.78, 5) is 11.8. The molecule has 0 radical (unpaired) electrons. The van der Waals surface area contributed by atoms with Gasteiger partial charge in [-0.2, -0.15) is 11.8 Å². The number of rotatable bonds is 7. The lowest BCUT2D eigenvalue weighted by Crippen LogP contribution is -2.25. The van der Waals surface area contributed by atoms with Gasteiger partial charge in [0.25, 0.3) is 5.91 Å². The predicted octanol–water partition coefficient (Wildman–Crippen LogP) is 3.04. The first-order valence-corrected chi connectivity index (χ1v) is 7.65. The Labute approximate surface area is 125 Å². The molecule has 1 aromatic rings. The molecule has 0 saturated carbocycles. The number of amides is 1. The Morgan fingerprint density at radius 1 is 1.38 bits per heavy atom. The van der Waals surface area contributed by atoms with E-state index in [9.17, 15) is 18.0 Å². The van der Waals surface area contributed by atoms with Crippen LogP contribution in [0.1, 0.15) is 23.2 Å². The van der Waals surface area contributed by atoms with Crippen LogP contribution >= 0.6 is 11.8 Å². The van der Waals surface area contributed by atoms with Crippen molar-refractivity contribution in [3.8, 4) is 5.75 Å². The number of nitrogens with one attached hydrogen (secondary N) is 1. The maximum Gasteiger partial charge on any atom is 0.573 e. The Bertz CT molecular complexity index is 481. The van der Waals surface area contributed by atoms with Crippen molar-refractivity contribution < 1.29 is 22.7 Å². The van der Waals surface area contributed by atoms with Gasteiger partial charge in [0.2, 0.25) is 0 Å². The van der Waals surface area contributed by atoms with Crippen molar-refractivity contribution in [2.24, 2.45) is 0 Å². The van der Waals surface area contributed by atoms with Crippen LogP contribution in [0.5, 0.6) is 5.75 Å². The minimum absolute atomic E-state index is 0.201. The monoisotopic (exact) mass is 322 g/mol. The first kappa shape index (κ1) is 17.5. The van der Waals surface area contributed by atoms with Gasteiger partial charge in [-0.05, 0) is 43.0 Å². The number of anilines is 1. The standard InChI is InChI=1S/C13H17F3N2O2S/c1-21-7-3-2-6-18-12(19)9-4-5-11(10(17)8-9)20-13(14,15)16/h4-5,8H,2-3,6-7,17H2,1H3,(H,18,19). The first-order chi connectivity index (χ1) is 9.83. The van der Waals surface area contributed by atoms with Crippen LogP contribution in [0.3, 0.4) is 0 Å². The van der Waals surface area contributed by atoms with Gasteiger partial charge >= 0.3 is 6.36 Å². The van der Waals surface area contributed by atoms with Gasteiger partial charge in [-0.3, -0.25) is 4.79 Å². The number of carbonyl (C=O) groups excluding carboxylic acids is 1. The van der Waals surface area contributed by atoms with Gasteiger partial charge in [0.05, 0.1) is 5.69 Å². The van der Waals surface area contributed by atoms with Gasteiger partial charge < -0.3 is 15.8 Å². The van der Waals surface area contributed by atoms with Crippen molar-refractivity contribution in [2.45, 2.75) is 19.2 Å². The molecule has 118 valence electrons. The largest absolute Gasteiger partial charge is 0.573 e. The Morgan fingerprint density at radius 2 is 2.10 bits per heavy atom. The van der Waals surface area contributed by atoms with E-state index in [4.69, 9.17) is 5.73 Å². The van der Waals surface area contributed by atoms with Crippen LogP contribution in [-0.4, -0.2) is 30.8 Å². The van der Waals surface area contributed by atoms with Crippen LogP contribution in [0.15, 0.2) is 18.2 Å². The zero-order valence-corrected chi connectivity index (χ0v) is 12.3. The second-order valence-corrected chi connectivity index (χ2v) is 5.24. The summed E-state index contributed by atoms with van der Waals surface area (Å²) in [5.41, 5.74) is 5.42. The summed E-state index contributed by atoms with van der Waals surface area (Å²) in [6.45, 7) is 0.514. The highest BCUT2D eigenvalue weighted by atomic mass is 32.2. The average Bonchev–Trinajstić information content (AvgIpc) is 2.39.